The van der Waals surface area contributed by atoms with Crippen LogP contribution in [-0.4, -0.2) is 45.7 Å². The van der Waals surface area contributed by atoms with Crippen LogP contribution >= 0.6 is 0 Å². The van der Waals surface area contributed by atoms with Gasteiger partial charge in [-0.05, 0) is 12.8 Å². The van der Waals surface area contributed by atoms with Crippen LogP contribution in [0.25, 0.3) is 0 Å². The van der Waals surface area contributed by atoms with Gasteiger partial charge in [0.05, 0.1) is 6.04 Å². The quantitative estimate of drug-likeness (QED) is 0.166. The molecule has 10 heteroatoms. The summed E-state index contributed by atoms with van der Waals surface area (Å²) in [6.07, 6.45) is -1.26. The maximum Gasteiger partial charge on any atom is 0.310 e. The number of nitrogens with two attached hydrogens (primary N) is 2. The van der Waals surface area contributed by atoms with E-state index in [1.165, 1.54) is 0 Å². The number of hydrogen-bond donors (Lipinski definition) is 5. The minimum absolute atomic E-state index is 0.114. The van der Waals surface area contributed by atoms with Gasteiger partial charge < -0.3 is 16.6 Å². The molecule has 0 aromatic heterocycles. The first-order valence-electron chi connectivity index (χ1n) is 6.45. The molecule has 2 amide bonds. The largest absolute Gasteiger partial charge is 0.481 e. The fraction of sp³-hybridized carbons (Fsp3) is 0.583. The van der Waals surface area contributed by atoms with Crippen LogP contribution < -0.4 is 16.9 Å². The highest BCUT2D eigenvalue weighted by Crippen LogP contribution is 2.15. The summed E-state index contributed by atoms with van der Waals surface area (Å²) in [5.41, 5.74) is 11.6. The molecule has 0 saturated carbocycles. The third kappa shape index (κ3) is 7.45. The van der Waals surface area contributed by atoms with E-state index in [2.05, 4.69) is 0 Å². The number of hydrogen-bond acceptors (Lipinski definition) is 7. The van der Waals surface area contributed by atoms with E-state index in [-0.39, 0.29) is 25.7 Å². The number of Topliss-reactive ketones (excluding diaryl/α,β-unsaturated/α-hetero) is 2. The van der Waals surface area contributed by atoms with Crippen molar-refractivity contribution in [2.45, 2.75) is 38.1 Å². The number of rotatable bonds is 11. The molecule has 0 aromatic rings. The third-order valence-electron chi connectivity index (χ3n) is 2.97. The summed E-state index contributed by atoms with van der Waals surface area (Å²) in [5.74, 6) is -6.02. The zero-order valence-electron chi connectivity index (χ0n) is 11.8. The molecule has 0 heterocycles. The topological polar surface area (TPSA) is 190 Å². The van der Waals surface area contributed by atoms with E-state index in [4.69, 9.17) is 21.8 Å². The lowest BCUT2D eigenvalue weighted by molar-refractivity contribution is -0.146. The van der Waals surface area contributed by atoms with Gasteiger partial charge >= 0.3 is 11.9 Å². The van der Waals surface area contributed by atoms with Crippen LogP contribution in [0.2, 0.25) is 0 Å². The molecule has 124 valence electrons. The lowest BCUT2D eigenvalue weighted by Crippen LogP contribution is -2.38. The lowest BCUT2D eigenvalue weighted by atomic mass is 9.89. The van der Waals surface area contributed by atoms with Crippen molar-refractivity contribution in [3.8, 4) is 0 Å². The molecule has 0 radical (unpaired) electrons. The number of primary amides is 1. The first-order chi connectivity index (χ1) is 10.2. The highest BCUT2D eigenvalue weighted by Gasteiger charge is 2.29. The Hall–Kier alpha value is -2.33. The molecule has 10 nitrogen and oxygen atoms in total. The molecule has 0 aromatic carbocycles. The van der Waals surface area contributed by atoms with Gasteiger partial charge in [0.25, 0.3) is 0 Å². The predicted octanol–water partition coefficient (Wildman–Crippen LogP) is -1.91. The minimum atomic E-state index is -1.32. The van der Waals surface area contributed by atoms with Crippen LogP contribution in [0.3, 0.4) is 0 Å². The van der Waals surface area contributed by atoms with Crippen LogP contribution in [0.5, 0.6) is 0 Å². The Bertz CT molecular complexity index is 464. The molecule has 0 unspecified atom stereocenters. The molecule has 0 bridgehead atoms. The molecule has 0 aliphatic heterocycles. The molecular weight excluding hydrogens is 298 g/mol. The van der Waals surface area contributed by atoms with E-state index in [0.717, 1.165) is 5.48 Å². The first-order valence-corrected chi connectivity index (χ1v) is 6.45. The summed E-state index contributed by atoms with van der Waals surface area (Å²) >= 11 is 0. The Balaban J connectivity index is 4.77. The van der Waals surface area contributed by atoms with Crippen LogP contribution in [0.15, 0.2) is 0 Å². The van der Waals surface area contributed by atoms with Crippen LogP contribution in [0.4, 0.5) is 0 Å². The van der Waals surface area contributed by atoms with Crippen molar-refractivity contribution < 1.29 is 34.3 Å². The van der Waals surface area contributed by atoms with Gasteiger partial charge in [0, 0.05) is 25.2 Å². The molecular formula is C12H19N3O7. The van der Waals surface area contributed by atoms with E-state index >= 15 is 0 Å². The van der Waals surface area contributed by atoms with E-state index in [0.29, 0.717) is 0 Å². The number of ketones is 2. The monoisotopic (exact) mass is 317 g/mol. The normalized spacial score (nSPS) is 13.0. The molecule has 2 atom stereocenters. The Morgan fingerprint density at radius 2 is 1.64 bits per heavy atom. The minimum Gasteiger partial charge on any atom is -0.481 e. The van der Waals surface area contributed by atoms with Crippen molar-refractivity contribution in [3.63, 3.8) is 0 Å². The number of carbonyl (C=O) groups is 5. The smallest absolute Gasteiger partial charge is 0.310 e. The number of carbonyl (C=O) groups excluding carboxylic acids is 4. The van der Waals surface area contributed by atoms with Gasteiger partial charge in [-0.1, -0.05) is 0 Å². The van der Waals surface area contributed by atoms with E-state index in [1.807, 2.05) is 0 Å². The fourth-order valence-electron chi connectivity index (χ4n) is 1.72. The highest BCUT2D eigenvalue weighted by molar-refractivity contribution is 6.36. The SMILES string of the molecule is NC(=O)CC[C@H](CC(=O)[C@@H](N)CCC(=O)O)C(=O)C(=O)NO. The van der Waals surface area contributed by atoms with Crippen molar-refractivity contribution in [1.29, 1.82) is 0 Å². The molecule has 7 N–H and O–H groups in total. The first kappa shape index (κ1) is 19.7. The van der Waals surface area contributed by atoms with E-state index < -0.39 is 47.7 Å². The second kappa shape index (κ2) is 9.58. The summed E-state index contributed by atoms with van der Waals surface area (Å²) in [7, 11) is 0. The van der Waals surface area contributed by atoms with E-state index in [1.54, 1.807) is 0 Å². The van der Waals surface area contributed by atoms with Gasteiger partial charge in [-0.25, -0.2) is 5.48 Å². The van der Waals surface area contributed by atoms with Crippen molar-refractivity contribution >= 4 is 29.4 Å². The van der Waals surface area contributed by atoms with Gasteiger partial charge in [0.15, 0.2) is 0 Å². The van der Waals surface area contributed by atoms with Crippen molar-refractivity contribution in [3.05, 3.63) is 0 Å². The maximum absolute atomic E-state index is 11.8. The zero-order valence-corrected chi connectivity index (χ0v) is 11.8. The van der Waals surface area contributed by atoms with E-state index in [9.17, 15) is 24.0 Å². The van der Waals surface area contributed by atoms with Crippen LogP contribution in [-0.2, 0) is 24.0 Å². The summed E-state index contributed by atoms with van der Waals surface area (Å²) in [6.45, 7) is 0. The lowest BCUT2D eigenvalue weighted by Gasteiger charge is -2.16. The number of carboxylic acid groups (broad SMARTS) is 1. The summed E-state index contributed by atoms with van der Waals surface area (Å²) in [5, 5.41) is 16.9. The number of nitrogens with one attached hydrogen (secondary N) is 1. The second-order valence-electron chi connectivity index (χ2n) is 4.72. The van der Waals surface area contributed by atoms with Gasteiger partial charge in [0.2, 0.25) is 11.7 Å². The Labute approximate surface area is 125 Å². The standard InChI is InChI=1S/C12H19N3O7/c13-7(2-4-10(18)19)8(16)5-6(1-3-9(14)17)11(20)12(21)15-22/h6-7,22H,1-5,13H2,(H2,14,17)(H,15,21)(H,18,19)/t6-,7+/m1/s1. The Morgan fingerprint density at radius 1 is 1.05 bits per heavy atom. The Kier molecular flexibility index (Phi) is 8.56. The summed E-state index contributed by atoms with van der Waals surface area (Å²) in [6, 6.07) is -1.10. The molecule has 0 rings (SSSR count). The number of carboxylic acids is 1. The van der Waals surface area contributed by atoms with Crippen molar-refractivity contribution in [2.24, 2.45) is 17.4 Å². The molecule has 0 fully saturated rings. The van der Waals surface area contributed by atoms with Crippen LogP contribution in [0, 0.1) is 5.92 Å². The predicted molar refractivity (Wildman–Crippen MR) is 71.3 cm³/mol. The summed E-state index contributed by atoms with van der Waals surface area (Å²) < 4.78 is 0. The zero-order chi connectivity index (χ0) is 17.3. The van der Waals surface area contributed by atoms with Gasteiger partial charge in [-0.2, -0.15) is 0 Å². The molecule has 0 aliphatic rings. The molecule has 22 heavy (non-hydrogen) atoms. The second-order valence-corrected chi connectivity index (χ2v) is 4.72. The molecule has 0 aliphatic carbocycles. The molecule has 0 spiro atoms. The number of aliphatic carboxylic acids is 1. The average Bonchev–Trinajstić information content (AvgIpc) is 2.46. The molecule has 0 saturated heterocycles. The van der Waals surface area contributed by atoms with Gasteiger partial charge in [0.1, 0.15) is 5.78 Å². The van der Waals surface area contributed by atoms with Gasteiger partial charge in [-0.15, -0.1) is 0 Å². The van der Waals surface area contributed by atoms with Crippen LogP contribution in [0.1, 0.15) is 32.1 Å². The number of hydroxylamine groups is 1. The fourth-order valence-corrected chi connectivity index (χ4v) is 1.72. The van der Waals surface area contributed by atoms with Gasteiger partial charge in [-0.3, -0.25) is 29.2 Å². The third-order valence-corrected chi connectivity index (χ3v) is 2.97. The average molecular weight is 317 g/mol. The number of amides is 2. The summed E-state index contributed by atoms with van der Waals surface area (Å²) in [4.78, 5) is 55.8. The maximum atomic E-state index is 11.8. The highest BCUT2D eigenvalue weighted by atomic mass is 16.5. The van der Waals surface area contributed by atoms with Crippen molar-refractivity contribution in [2.75, 3.05) is 0 Å². The Morgan fingerprint density at radius 3 is 2.09 bits per heavy atom. The van der Waals surface area contributed by atoms with Crippen molar-refractivity contribution in [1.82, 2.24) is 5.48 Å².